The van der Waals surface area contributed by atoms with Crippen LogP contribution >= 0.6 is 0 Å². The fraction of sp³-hybridized carbons (Fsp3) is 0.231. The van der Waals surface area contributed by atoms with Crippen LogP contribution in [0.1, 0.15) is 0 Å². The van der Waals surface area contributed by atoms with Crippen LogP contribution in [0.15, 0.2) is 36.0 Å². The summed E-state index contributed by atoms with van der Waals surface area (Å²) in [6, 6.07) is 11.0. The molecule has 5 heteroatoms. The van der Waals surface area contributed by atoms with E-state index in [1.54, 1.807) is 12.1 Å². The first-order valence-electron chi connectivity index (χ1n) is 5.45. The van der Waals surface area contributed by atoms with Crippen LogP contribution in [-0.4, -0.2) is 19.3 Å². The summed E-state index contributed by atoms with van der Waals surface area (Å²) >= 11 is 0. The molecule has 18 heavy (non-hydrogen) atoms. The molecule has 1 aromatic carbocycles. The van der Waals surface area contributed by atoms with Gasteiger partial charge in [0.15, 0.2) is 11.5 Å². The maximum absolute atomic E-state index is 8.56. The molecular formula is C13H11N3O2. The van der Waals surface area contributed by atoms with E-state index in [0.29, 0.717) is 18.9 Å². The Hall–Kier alpha value is -2.66. The third kappa shape index (κ3) is 2.72. The predicted molar refractivity (Wildman–Crippen MR) is 63.7 cm³/mol. The molecule has 1 aliphatic rings. The maximum atomic E-state index is 8.56. The normalized spacial score (nSPS) is 16.0. The van der Waals surface area contributed by atoms with E-state index in [0.717, 1.165) is 5.75 Å². The summed E-state index contributed by atoms with van der Waals surface area (Å²) in [6.07, 6.45) is 1.24. The number of para-hydroxylation sites is 2. The van der Waals surface area contributed by atoms with Gasteiger partial charge in [0.05, 0.1) is 6.54 Å². The van der Waals surface area contributed by atoms with Crippen molar-refractivity contribution in [1.82, 2.24) is 5.32 Å². The Kier molecular flexibility index (Phi) is 3.68. The molecule has 0 fully saturated rings. The van der Waals surface area contributed by atoms with E-state index in [9.17, 15) is 0 Å². The first kappa shape index (κ1) is 11.8. The van der Waals surface area contributed by atoms with E-state index in [2.05, 4.69) is 5.32 Å². The van der Waals surface area contributed by atoms with Crippen LogP contribution in [0, 0.1) is 22.7 Å². The molecule has 0 radical (unpaired) electrons. The smallest absolute Gasteiger partial charge is 0.161 e. The van der Waals surface area contributed by atoms with Crippen molar-refractivity contribution in [2.75, 3.05) is 13.2 Å². The molecule has 0 spiro atoms. The molecule has 1 aliphatic heterocycles. The van der Waals surface area contributed by atoms with Gasteiger partial charge in [-0.05, 0) is 12.1 Å². The van der Waals surface area contributed by atoms with Gasteiger partial charge in [-0.1, -0.05) is 12.1 Å². The molecule has 0 bridgehead atoms. The van der Waals surface area contributed by atoms with E-state index >= 15 is 0 Å². The van der Waals surface area contributed by atoms with Crippen molar-refractivity contribution >= 4 is 0 Å². The van der Waals surface area contributed by atoms with Gasteiger partial charge in [-0.3, -0.25) is 0 Å². The highest BCUT2D eigenvalue weighted by Crippen LogP contribution is 2.30. The Morgan fingerprint density at radius 3 is 2.78 bits per heavy atom. The predicted octanol–water partition coefficient (Wildman–Crippen LogP) is 1.35. The Balaban J connectivity index is 1.90. The van der Waals surface area contributed by atoms with Crippen molar-refractivity contribution in [3.63, 3.8) is 0 Å². The van der Waals surface area contributed by atoms with Crippen LogP contribution < -0.4 is 14.8 Å². The summed E-state index contributed by atoms with van der Waals surface area (Å²) in [5, 5.41) is 20.0. The van der Waals surface area contributed by atoms with Gasteiger partial charge >= 0.3 is 0 Å². The quantitative estimate of drug-likeness (QED) is 0.808. The summed E-state index contributed by atoms with van der Waals surface area (Å²) in [5.41, 5.74) is 0.0344. The number of hydrogen-bond acceptors (Lipinski definition) is 5. The second-order valence-corrected chi connectivity index (χ2v) is 3.69. The number of hydrogen-bond donors (Lipinski definition) is 1. The van der Waals surface area contributed by atoms with Crippen LogP contribution in [0.3, 0.4) is 0 Å². The van der Waals surface area contributed by atoms with Crippen molar-refractivity contribution in [3.05, 3.63) is 36.0 Å². The van der Waals surface area contributed by atoms with Crippen molar-refractivity contribution in [3.8, 4) is 23.6 Å². The van der Waals surface area contributed by atoms with Gasteiger partial charge in [-0.15, -0.1) is 0 Å². The number of fused-ring (bicyclic) bond motifs is 1. The zero-order valence-corrected chi connectivity index (χ0v) is 9.59. The summed E-state index contributed by atoms with van der Waals surface area (Å²) in [5.74, 6) is 1.44. The number of ether oxygens (including phenoxy) is 2. The minimum Gasteiger partial charge on any atom is -0.486 e. The van der Waals surface area contributed by atoms with Gasteiger partial charge in [-0.25, -0.2) is 0 Å². The Morgan fingerprint density at radius 2 is 2.06 bits per heavy atom. The lowest BCUT2D eigenvalue weighted by Gasteiger charge is -2.26. The van der Waals surface area contributed by atoms with Gasteiger partial charge < -0.3 is 14.8 Å². The average Bonchev–Trinajstić information content (AvgIpc) is 2.43. The molecule has 5 nitrogen and oxygen atoms in total. The second kappa shape index (κ2) is 5.60. The molecule has 1 heterocycles. The van der Waals surface area contributed by atoms with Crippen LogP contribution in [0.25, 0.3) is 0 Å². The highest BCUT2D eigenvalue weighted by molar-refractivity contribution is 5.40. The van der Waals surface area contributed by atoms with E-state index in [1.165, 1.54) is 6.20 Å². The standard InChI is InChI=1S/C13H11N3O2/c14-5-10(6-15)7-16-8-11-9-17-12-3-1-2-4-13(12)18-11/h1-4,7,11,16H,8-9H2/t11-/m1/s1. The Labute approximate surface area is 105 Å². The van der Waals surface area contributed by atoms with Gasteiger partial charge in [0.1, 0.15) is 30.4 Å². The number of nitriles is 2. The highest BCUT2D eigenvalue weighted by atomic mass is 16.6. The third-order valence-corrected chi connectivity index (χ3v) is 2.40. The summed E-state index contributed by atoms with van der Waals surface area (Å²) in [4.78, 5) is 0. The molecule has 0 aromatic heterocycles. The minimum atomic E-state index is -0.144. The van der Waals surface area contributed by atoms with E-state index < -0.39 is 0 Å². The van der Waals surface area contributed by atoms with Crippen molar-refractivity contribution in [2.24, 2.45) is 0 Å². The molecule has 0 aliphatic carbocycles. The van der Waals surface area contributed by atoms with Crippen LogP contribution in [-0.2, 0) is 0 Å². The topological polar surface area (TPSA) is 78.1 Å². The molecule has 1 atom stereocenters. The van der Waals surface area contributed by atoms with Crippen LogP contribution in [0.4, 0.5) is 0 Å². The molecule has 2 rings (SSSR count). The van der Waals surface area contributed by atoms with Crippen molar-refractivity contribution in [2.45, 2.75) is 6.10 Å². The molecule has 90 valence electrons. The second-order valence-electron chi connectivity index (χ2n) is 3.69. The fourth-order valence-corrected chi connectivity index (χ4v) is 1.55. The zero-order chi connectivity index (χ0) is 12.8. The molecule has 1 aromatic rings. The number of benzene rings is 1. The van der Waals surface area contributed by atoms with Gasteiger partial charge in [0.25, 0.3) is 0 Å². The zero-order valence-electron chi connectivity index (χ0n) is 9.59. The lowest BCUT2D eigenvalue weighted by atomic mass is 10.2. The minimum absolute atomic E-state index is 0.0344. The monoisotopic (exact) mass is 241 g/mol. The molecular weight excluding hydrogens is 230 g/mol. The van der Waals surface area contributed by atoms with Gasteiger partial charge in [-0.2, -0.15) is 10.5 Å². The number of nitrogens with zero attached hydrogens (tertiary/aromatic N) is 2. The van der Waals surface area contributed by atoms with Crippen LogP contribution in [0.2, 0.25) is 0 Å². The van der Waals surface area contributed by atoms with Crippen LogP contribution in [0.5, 0.6) is 11.5 Å². The van der Waals surface area contributed by atoms with Gasteiger partial charge in [0.2, 0.25) is 0 Å². The lowest BCUT2D eigenvalue weighted by molar-refractivity contribution is 0.0928. The average molecular weight is 241 g/mol. The fourth-order valence-electron chi connectivity index (χ4n) is 1.55. The van der Waals surface area contributed by atoms with E-state index in [4.69, 9.17) is 20.0 Å². The molecule has 0 amide bonds. The molecule has 0 saturated carbocycles. The molecule has 1 N–H and O–H groups in total. The maximum Gasteiger partial charge on any atom is 0.161 e. The molecule has 0 saturated heterocycles. The SMILES string of the molecule is N#CC(C#N)=CNC[C@@H]1COc2ccccc2O1. The summed E-state index contributed by atoms with van der Waals surface area (Å²) < 4.78 is 11.2. The number of rotatable bonds is 3. The Bertz CT molecular complexity index is 524. The third-order valence-electron chi connectivity index (χ3n) is 2.40. The first-order valence-corrected chi connectivity index (χ1v) is 5.45. The molecule has 0 unspecified atom stereocenters. The van der Waals surface area contributed by atoms with Gasteiger partial charge in [0, 0.05) is 6.20 Å². The van der Waals surface area contributed by atoms with Crippen molar-refractivity contribution < 1.29 is 9.47 Å². The highest BCUT2D eigenvalue weighted by Gasteiger charge is 2.19. The Morgan fingerprint density at radius 1 is 1.33 bits per heavy atom. The lowest BCUT2D eigenvalue weighted by Crippen LogP contribution is -2.37. The first-order chi connectivity index (χ1) is 8.83. The number of nitrogens with one attached hydrogen (secondary N) is 1. The van der Waals surface area contributed by atoms with E-state index in [1.807, 2.05) is 24.3 Å². The van der Waals surface area contributed by atoms with Crippen molar-refractivity contribution in [1.29, 1.82) is 10.5 Å². The van der Waals surface area contributed by atoms with E-state index in [-0.39, 0.29) is 11.7 Å². The summed E-state index contributed by atoms with van der Waals surface area (Å²) in [6.45, 7) is 0.910. The summed E-state index contributed by atoms with van der Waals surface area (Å²) in [7, 11) is 0. The number of allylic oxidation sites excluding steroid dienone is 1. The largest absolute Gasteiger partial charge is 0.486 e.